The van der Waals surface area contributed by atoms with E-state index >= 15 is 0 Å². The number of hydrogen-bond donors (Lipinski definition) is 4. The van der Waals surface area contributed by atoms with E-state index in [1.54, 1.807) is 38.5 Å². The lowest BCUT2D eigenvalue weighted by atomic mass is 9.89. The van der Waals surface area contributed by atoms with Gasteiger partial charge in [-0.2, -0.15) is 0 Å². The number of hydrogen-bond acceptors (Lipinski definition) is 7. The molecular formula is C29H35N5O4S. The molecule has 0 fully saturated rings. The third-order valence-corrected chi connectivity index (χ3v) is 8.33. The molecule has 10 heteroatoms. The van der Waals surface area contributed by atoms with Crippen molar-refractivity contribution in [2.45, 2.75) is 37.2 Å². The number of amidine groups is 2. The van der Waals surface area contributed by atoms with E-state index in [0.717, 1.165) is 11.1 Å². The van der Waals surface area contributed by atoms with Gasteiger partial charge in [0.05, 0.1) is 38.2 Å². The second-order valence-corrected chi connectivity index (χ2v) is 11.3. The van der Waals surface area contributed by atoms with Gasteiger partial charge in [0.2, 0.25) is 10.0 Å². The summed E-state index contributed by atoms with van der Waals surface area (Å²) in [4.78, 5) is 1.66. The van der Waals surface area contributed by atoms with Crippen LogP contribution >= 0.6 is 0 Å². The molecular weight excluding hydrogens is 514 g/mol. The van der Waals surface area contributed by atoms with Crippen molar-refractivity contribution in [2.24, 2.45) is 5.92 Å². The highest BCUT2D eigenvalue weighted by molar-refractivity contribution is 7.89. The van der Waals surface area contributed by atoms with Gasteiger partial charge < -0.3 is 19.7 Å². The van der Waals surface area contributed by atoms with Crippen LogP contribution in [0.25, 0.3) is 0 Å². The number of rotatable bonds is 11. The molecule has 0 amide bonds. The fourth-order valence-corrected chi connectivity index (χ4v) is 5.61. The van der Waals surface area contributed by atoms with Crippen LogP contribution in [0.3, 0.4) is 0 Å². The van der Waals surface area contributed by atoms with E-state index in [0.29, 0.717) is 24.3 Å². The molecule has 2 aliphatic rings. The van der Waals surface area contributed by atoms with Gasteiger partial charge in [0.15, 0.2) is 0 Å². The quantitative estimate of drug-likeness (QED) is 0.247. The van der Waals surface area contributed by atoms with Gasteiger partial charge in [-0.25, -0.2) is 13.1 Å². The van der Waals surface area contributed by atoms with Crippen LogP contribution in [0.4, 0.5) is 0 Å². The summed E-state index contributed by atoms with van der Waals surface area (Å²) < 4.78 is 39.1. The SMILES string of the molecule is COc1ccc(CN(C(=N)CCC2=CNC3C=CC=CC23)C(=N)CNS(=O)(=O)c2ccc(C)cc2)c(OC)c1. The molecule has 0 spiro atoms. The number of fused-ring (bicyclic) bond motifs is 1. The van der Waals surface area contributed by atoms with E-state index in [1.807, 2.05) is 31.3 Å². The number of methoxy groups -OCH3 is 2. The lowest BCUT2D eigenvalue weighted by Gasteiger charge is -2.27. The Bertz CT molecular complexity index is 1410. The first-order valence-electron chi connectivity index (χ1n) is 12.7. The van der Waals surface area contributed by atoms with Gasteiger partial charge in [-0.05, 0) is 49.4 Å². The Morgan fingerprint density at radius 3 is 2.49 bits per heavy atom. The Kier molecular flexibility index (Phi) is 8.88. The zero-order valence-corrected chi connectivity index (χ0v) is 23.2. The van der Waals surface area contributed by atoms with Crippen LogP contribution in [-0.2, 0) is 16.6 Å². The second kappa shape index (κ2) is 12.3. The number of allylic oxidation sites excluding steroid dienone is 2. The fraction of sp³-hybridized carbons (Fsp3) is 0.310. The molecule has 9 nitrogen and oxygen atoms in total. The molecule has 2 aromatic carbocycles. The van der Waals surface area contributed by atoms with Crippen molar-refractivity contribution in [3.8, 4) is 11.5 Å². The maximum atomic E-state index is 12.9. The third-order valence-electron chi connectivity index (χ3n) is 6.91. The Labute approximate surface area is 230 Å². The summed E-state index contributed by atoms with van der Waals surface area (Å²) in [6.45, 7) is 1.79. The van der Waals surface area contributed by atoms with Crippen molar-refractivity contribution in [3.05, 3.63) is 89.7 Å². The lowest BCUT2D eigenvalue weighted by molar-refractivity contribution is 0.387. The Hall–Kier alpha value is -3.89. The van der Waals surface area contributed by atoms with Gasteiger partial charge in [0.25, 0.3) is 0 Å². The number of nitrogens with one attached hydrogen (secondary N) is 4. The first kappa shape index (κ1) is 28.1. The Balaban J connectivity index is 1.50. The van der Waals surface area contributed by atoms with Gasteiger partial charge in [-0.1, -0.05) is 42.0 Å². The molecule has 4 N–H and O–H groups in total. The van der Waals surface area contributed by atoms with E-state index in [9.17, 15) is 8.42 Å². The first-order valence-corrected chi connectivity index (χ1v) is 14.2. The van der Waals surface area contributed by atoms with Crippen molar-refractivity contribution in [2.75, 3.05) is 20.8 Å². The molecule has 2 atom stereocenters. The molecule has 39 heavy (non-hydrogen) atoms. The van der Waals surface area contributed by atoms with Gasteiger partial charge in [0.1, 0.15) is 23.2 Å². The molecule has 206 valence electrons. The van der Waals surface area contributed by atoms with Gasteiger partial charge >= 0.3 is 0 Å². The Morgan fingerprint density at radius 1 is 1.03 bits per heavy atom. The molecule has 4 rings (SSSR count). The number of aryl methyl sites for hydroxylation is 1. The summed E-state index contributed by atoms with van der Waals surface area (Å²) in [6.07, 6.45) is 11.4. The zero-order valence-electron chi connectivity index (χ0n) is 22.4. The smallest absolute Gasteiger partial charge is 0.240 e. The number of ether oxygens (including phenoxy) is 2. The number of sulfonamides is 1. The van der Waals surface area contributed by atoms with Gasteiger partial charge in [-0.15, -0.1) is 0 Å². The highest BCUT2D eigenvalue weighted by Gasteiger charge is 2.28. The van der Waals surface area contributed by atoms with Crippen LogP contribution in [0.1, 0.15) is 24.0 Å². The second-order valence-electron chi connectivity index (χ2n) is 9.50. The summed E-state index contributed by atoms with van der Waals surface area (Å²) in [5, 5.41) is 21.1. The normalized spacial score (nSPS) is 17.7. The summed E-state index contributed by atoms with van der Waals surface area (Å²) in [5.74, 6) is 1.61. The molecule has 0 aromatic heterocycles. The molecule has 0 radical (unpaired) electrons. The maximum absolute atomic E-state index is 12.9. The van der Waals surface area contributed by atoms with E-state index < -0.39 is 10.0 Å². The van der Waals surface area contributed by atoms with Gasteiger partial charge in [0, 0.05) is 24.0 Å². The van der Waals surface area contributed by atoms with Crippen LogP contribution in [-0.4, -0.2) is 51.8 Å². The number of nitrogens with zero attached hydrogens (tertiary/aromatic N) is 1. The van der Waals surface area contributed by atoms with Crippen LogP contribution in [0, 0.1) is 23.7 Å². The Morgan fingerprint density at radius 2 is 1.77 bits per heavy atom. The van der Waals surface area contributed by atoms with Gasteiger partial charge in [-0.3, -0.25) is 10.8 Å². The van der Waals surface area contributed by atoms with Crippen LogP contribution < -0.4 is 19.5 Å². The molecule has 1 aliphatic carbocycles. The predicted octanol–water partition coefficient (Wildman–Crippen LogP) is 4.13. The van der Waals surface area contributed by atoms with E-state index in [-0.39, 0.29) is 41.6 Å². The molecule has 0 saturated carbocycles. The van der Waals surface area contributed by atoms with Crippen molar-refractivity contribution >= 4 is 21.7 Å². The minimum absolute atomic E-state index is 0.0366. The lowest BCUT2D eigenvalue weighted by Crippen LogP contribution is -2.42. The number of benzene rings is 2. The first-order chi connectivity index (χ1) is 18.7. The molecule has 0 saturated heterocycles. The summed E-state index contributed by atoms with van der Waals surface area (Å²) in [7, 11) is -0.703. The average Bonchev–Trinajstić information content (AvgIpc) is 3.36. The molecule has 1 aliphatic heterocycles. The topological polar surface area (TPSA) is 128 Å². The monoisotopic (exact) mass is 549 g/mol. The van der Waals surface area contributed by atoms with Crippen molar-refractivity contribution in [1.82, 2.24) is 14.9 Å². The van der Waals surface area contributed by atoms with Crippen LogP contribution in [0.2, 0.25) is 0 Å². The molecule has 1 heterocycles. The average molecular weight is 550 g/mol. The minimum atomic E-state index is -3.83. The summed E-state index contributed by atoms with van der Waals surface area (Å²) in [6, 6.07) is 12.1. The molecule has 2 unspecified atom stereocenters. The van der Waals surface area contributed by atoms with E-state index in [2.05, 4.69) is 22.2 Å². The fourth-order valence-electron chi connectivity index (χ4n) is 4.62. The van der Waals surface area contributed by atoms with E-state index in [4.69, 9.17) is 20.3 Å². The van der Waals surface area contributed by atoms with Crippen molar-refractivity contribution < 1.29 is 17.9 Å². The van der Waals surface area contributed by atoms with Crippen LogP contribution in [0.5, 0.6) is 11.5 Å². The van der Waals surface area contributed by atoms with E-state index in [1.165, 1.54) is 22.6 Å². The highest BCUT2D eigenvalue weighted by Crippen LogP contribution is 2.30. The zero-order chi connectivity index (χ0) is 28.0. The summed E-state index contributed by atoms with van der Waals surface area (Å²) in [5.41, 5.74) is 2.89. The molecule has 2 aromatic rings. The highest BCUT2D eigenvalue weighted by atomic mass is 32.2. The van der Waals surface area contributed by atoms with Crippen molar-refractivity contribution in [3.63, 3.8) is 0 Å². The standard InChI is InChI=1S/C29H35N5O4S/c1-20-8-13-24(14-9-20)39(35,36)33-18-29(31)34(19-22-10-12-23(37-2)16-27(22)38-3)28(30)15-11-21-17-32-26-7-5-4-6-25(21)26/h4-10,12-14,16-17,25-26,30-33H,11,15,18-19H2,1-3H3. The summed E-state index contributed by atoms with van der Waals surface area (Å²) >= 11 is 0. The minimum Gasteiger partial charge on any atom is -0.497 e. The largest absolute Gasteiger partial charge is 0.497 e. The predicted molar refractivity (Wildman–Crippen MR) is 153 cm³/mol. The third kappa shape index (κ3) is 6.76. The van der Waals surface area contributed by atoms with Crippen molar-refractivity contribution in [1.29, 1.82) is 10.8 Å². The van der Waals surface area contributed by atoms with Crippen LogP contribution in [0.15, 0.2) is 83.4 Å². The maximum Gasteiger partial charge on any atom is 0.240 e. The molecule has 0 bridgehead atoms.